The van der Waals surface area contributed by atoms with E-state index in [0.717, 1.165) is 24.3 Å². The number of anilines is 1. The second kappa shape index (κ2) is 7.31. The molecule has 0 aliphatic rings. The fraction of sp³-hybridized carbons (Fsp3) is 0.312. The van der Waals surface area contributed by atoms with Crippen molar-refractivity contribution in [1.82, 2.24) is 20.0 Å². The van der Waals surface area contributed by atoms with Crippen LogP contribution in [0.1, 0.15) is 24.8 Å². The maximum Gasteiger partial charge on any atom is 0.247 e. The summed E-state index contributed by atoms with van der Waals surface area (Å²) in [6.45, 7) is 2.12. The van der Waals surface area contributed by atoms with Gasteiger partial charge in [-0.2, -0.15) is 5.10 Å². The van der Waals surface area contributed by atoms with E-state index in [-0.39, 0.29) is 17.9 Å². The molecule has 3 rings (SSSR count). The lowest BCUT2D eigenvalue weighted by Crippen LogP contribution is -2.22. The summed E-state index contributed by atoms with van der Waals surface area (Å²) in [5, 5.41) is 16.8. The second-order valence-corrected chi connectivity index (χ2v) is 6.40. The SMILES string of the molecule is CCCCc1nnc(NC(=O)Cn2ncc(=O)c3ccccc32)s1. The van der Waals surface area contributed by atoms with E-state index in [9.17, 15) is 9.59 Å². The van der Waals surface area contributed by atoms with Gasteiger partial charge in [0.15, 0.2) is 0 Å². The third-order valence-electron chi connectivity index (χ3n) is 3.51. The van der Waals surface area contributed by atoms with Crippen molar-refractivity contribution in [2.24, 2.45) is 0 Å². The van der Waals surface area contributed by atoms with Gasteiger partial charge in [-0.3, -0.25) is 19.6 Å². The molecule has 124 valence electrons. The summed E-state index contributed by atoms with van der Waals surface area (Å²) in [4.78, 5) is 24.0. The average Bonchev–Trinajstić information content (AvgIpc) is 3.03. The molecule has 7 nitrogen and oxygen atoms in total. The Bertz CT molecular complexity index is 918. The highest BCUT2D eigenvalue weighted by atomic mass is 32.1. The first kappa shape index (κ1) is 16.3. The lowest BCUT2D eigenvalue weighted by Gasteiger charge is -2.08. The number of hydrogen-bond donors (Lipinski definition) is 1. The Morgan fingerprint density at radius 2 is 2.12 bits per heavy atom. The first-order chi connectivity index (χ1) is 11.7. The van der Waals surface area contributed by atoms with Crippen LogP contribution in [0.25, 0.3) is 10.9 Å². The molecule has 8 heteroatoms. The largest absolute Gasteiger partial charge is 0.299 e. The van der Waals surface area contributed by atoms with Crippen LogP contribution < -0.4 is 10.7 Å². The molecule has 0 fully saturated rings. The molecule has 0 bridgehead atoms. The fourth-order valence-corrected chi connectivity index (χ4v) is 3.11. The van der Waals surface area contributed by atoms with Gasteiger partial charge in [0.2, 0.25) is 16.5 Å². The summed E-state index contributed by atoms with van der Waals surface area (Å²) in [6, 6.07) is 7.08. The summed E-state index contributed by atoms with van der Waals surface area (Å²) in [6.07, 6.45) is 4.24. The van der Waals surface area contributed by atoms with Crippen LogP contribution in [-0.4, -0.2) is 25.9 Å². The van der Waals surface area contributed by atoms with E-state index in [4.69, 9.17) is 0 Å². The molecule has 3 aromatic rings. The maximum atomic E-state index is 12.2. The van der Waals surface area contributed by atoms with Crippen molar-refractivity contribution in [2.75, 3.05) is 5.32 Å². The fourth-order valence-electron chi connectivity index (χ4n) is 2.31. The number of benzene rings is 1. The second-order valence-electron chi connectivity index (χ2n) is 5.34. The standard InChI is InChI=1S/C16H17N5O2S/c1-2-3-8-15-19-20-16(24-15)18-14(23)10-21-12-7-5-4-6-11(12)13(22)9-17-21/h4-7,9H,2-3,8,10H2,1H3,(H,18,20,23). The molecule has 2 aromatic heterocycles. The van der Waals surface area contributed by atoms with Gasteiger partial charge in [-0.25, -0.2) is 0 Å². The van der Waals surface area contributed by atoms with Crippen LogP contribution in [-0.2, 0) is 17.8 Å². The molecule has 0 saturated carbocycles. The molecule has 0 saturated heterocycles. The number of fused-ring (bicyclic) bond motifs is 1. The van der Waals surface area contributed by atoms with Crippen LogP contribution in [0, 0.1) is 0 Å². The number of aryl methyl sites for hydroxylation is 1. The molecular weight excluding hydrogens is 326 g/mol. The minimum Gasteiger partial charge on any atom is -0.299 e. The van der Waals surface area contributed by atoms with E-state index in [0.29, 0.717) is 16.0 Å². The average molecular weight is 343 g/mol. The van der Waals surface area contributed by atoms with E-state index in [1.54, 1.807) is 18.2 Å². The number of nitrogens with one attached hydrogen (secondary N) is 1. The van der Waals surface area contributed by atoms with Crippen LogP contribution in [0.3, 0.4) is 0 Å². The zero-order valence-corrected chi connectivity index (χ0v) is 14.0. The highest BCUT2D eigenvalue weighted by Crippen LogP contribution is 2.17. The molecule has 24 heavy (non-hydrogen) atoms. The lowest BCUT2D eigenvalue weighted by atomic mass is 10.2. The van der Waals surface area contributed by atoms with E-state index in [2.05, 4.69) is 27.5 Å². The van der Waals surface area contributed by atoms with Crippen molar-refractivity contribution in [3.8, 4) is 0 Å². The zero-order valence-electron chi connectivity index (χ0n) is 13.2. The summed E-state index contributed by atoms with van der Waals surface area (Å²) >= 11 is 1.38. The molecule has 1 N–H and O–H groups in total. The van der Waals surface area contributed by atoms with Crippen LogP contribution >= 0.6 is 11.3 Å². The first-order valence-corrected chi connectivity index (χ1v) is 8.56. The summed E-state index contributed by atoms with van der Waals surface area (Å²) in [5.41, 5.74) is 0.466. The van der Waals surface area contributed by atoms with Crippen LogP contribution in [0.5, 0.6) is 0 Å². The quantitative estimate of drug-likeness (QED) is 0.741. The Balaban J connectivity index is 1.72. The number of rotatable bonds is 6. The van der Waals surface area contributed by atoms with E-state index >= 15 is 0 Å². The van der Waals surface area contributed by atoms with Gasteiger partial charge in [0.05, 0.1) is 11.7 Å². The van der Waals surface area contributed by atoms with Crippen molar-refractivity contribution >= 4 is 33.3 Å². The Morgan fingerprint density at radius 1 is 1.29 bits per heavy atom. The predicted molar refractivity (Wildman–Crippen MR) is 93.2 cm³/mol. The molecule has 2 heterocycles. The normalized spacial score (nSPS) is 10.9. The Labute approximate surface area is 142 Å². The summed E-state index contributed by atoms with van der Waals surface area (Å²) in [7, 11) is 0. The van der Waals surface area contributed by atoms with Gasteiger partial charge in [-0.1, -0.05) is 36.8 Å². The third kappa shape index (κ3) is 3.65. The van der Waals surface area contributed by atoms with Gasteiger partial charge < -0.3 is 0 Å². The minimum atomic E-state index is -0.255. The zero-order chi connectivity index (χ0) is 16.9. The smallest absolute Gasteiger partial charge is 0.247 e. The summed E-state index contributed by atoms with van der Waals surface area (Å²) in [5.74, 6) is -0.255. The number of carbonyl (C=O) groups is 1. The highest BCUT2D eigenvalue weighted by molar-refractivity contribution is 7.15. The molecule has 1 aromatic carbocycles. The molecule has 0 spiro atoms. The van der Waals surface area contributed by atoms with Gasteiger partial charge in [0.1, 0.15) is 11.6 Å². The van der Waals surface area contributed by atoms with Crippen LogP contribution in [0.4, 0.5) is 5.13 Å². The number of hydrogen-bond acceptors (Lipinski definition) is 6. The van der Waals surface area contributed by atoms with E-state index in [1.807, 2.05) is 6.07 Å². The molecule has 0 unspecified atom stereocenters. The molecule has 1 amide bonds. The lowest BCUT2D eigenvalue weighted by molar-refractivity contribution is -0.116. The first-order valence-electron chi connectivity index (χ1n) is 7.74. The summed E-state index contributed by atoms with van der Waals surface area (Å²) < 4.78 is 1.51. The van der Waals surface area contributed by atoms with E-state index in [1.165, 1.54) is 22.2 Å². The highest BCUT2D eigenvalue weighted by Gasteiger charge is 2.11. The van der Waals surface area contributed by atoms with Gasteiger partial charge in [-0.05, 0) is 18.6 Å². The molecule has 0 aliphatic carbocycles. The topological polar surface area (TPSA) is 89.8 Å². The number of amides is 1. The van der Waals surface area contributed by atoms with Crippen molar-refractivity contribution in [3.05, 3.63) is 45.7 Å². The molecule has 0 radical (unpaired) electrons. The molecule has 0 atom stereocenters. The number of carbonyl (C=O) groups excluding carboxylic acids is 1. The molecule has 0 aliphatic heterocycles. The van der Waals surface area contributed by atoms with Gasteiger partial charge in [0, 0.05) is 11.8 Å². The maximum absolute atomic E-state index is 12.2. The Morgan fingerprint density at radius 3 is 2.96 bits per heavy atom. The van der Waals surface area contributed by atoms with Gasteiger partial charge in [0.25, 0.3) is 0 Å². The Kier molecular flexibility index (Phi) is 4.95. The predicted octanol–water partition coefficient (Wildman–Crippen LogP) is 2.23. The monoisotopic (exact) mass is 343 g/mol. The Hall–Kier alpha value is -2.61. The van der Waals surface area contributed by atoms with Crippen LogP contribution in [0.2, 0.25) is 0 Å². The van der Waals surface area contributed by atoms with Crippen molar-refractivity contribution in [1.29, 1.82) is 0 Å². The number of para-hydroxylation sites is 1. The van der Waals surface area contributed by atoms with Crippen molar-refractivity contribution in [2.45, 2.75) is 32.7 Å². The minimum absolute atomic E-state index is 0.00463. The van der Waals surface area contributed by atoms with Gasteiger partial charge in [-0.15, -0.1) is 10.2 Å². The van der Waals surface area contributed by atoms with Gasteiger partial charge >= 0.3 is 0 Å². The number of unbranched alkanes of at least 4 members (excludes halogenated alkanes) is 1. The third-order valence-corrected chi connectivity index (χ3v) is 4.41. The number of aromatic nitrogens is 4. The number of nitrogens with zero attached hydrogens (tertiary/aromatic N) is 4. The van der Waals surface area contributed by atoms with Crippen molar-refractivity contribution in [3.63, 3.8) is 0 Å². The molecular formula is C16H17N5O2S. The van der Waals surface area contributed by atoms with Crippen molar-refractivity contribution < 1.29 is 4.79 Å². The van der Waals surface area contributed by atoms with E-state index < -0.39 is 0 Å². The van der Waals surface area contributed by atoms with Crippen LogP contribution in [0.15, 0.2) is 35.3 Å².